The van der Waals surface area contributed by atoms with Gasteiger partial charge in [-0.1, -0.05) is 69.6 Å². The van der Waals surface area contributed by atoms with Crippen molar-refractivity contribution in [3.05, 3.63) is 34.9 Å². The van der Waals surface area contributed by atoms with E-state index in [1.165, 1.54) is 17.6 Å². The second kappa shape index (κ2) is 8.15. The Kier molecular flexibility index (Phi) is 6.12. The van der Waals surface area contributed by atoms with Crippen molar-refractivity contribution < 1.29 is 15.3 Å². The third kappa shape index (κ3) is 3.60. The van der Waals surface area contributed by atoms with Gasteiger partial charge < -0.3 is 15.3 Å². The van der Waals surface area contributed by atoms with Crippen LogP contribution in [0.3, 0.4) is 0 Å². The van der Waals surface area contributed by atoms with E-state index in [-0.39, 0.29) is 10.8 Å². The monoisotopic (exact) mass is 428 g/mol. The van der Waals surface area contributed by atoms with E-state index in [2.05, 4.69) is 52.8 Å². The zero-order valence-corrected chi connectivity index (χ0v) is 20.3. The molecule has 2 saturated carbocycles. The minimum atomic E-state index is -0.519. The SMILES string of the molecule is CCC(O)(CC)CCC(C)C1=CC[C@H]2C3=CC=C4CC(O)CC(O)[C@]4(C)[C@H]3CC[C@]12C. The average Bonchev–Trinajstić information content (AvgIpc) is 3.10. The van der Waals surface area contributed by atoms with Gasteiger partial charge >= 0.3 is 0 Å². The van der Waals surface area contributed by atoms with Crippen molar-refractivity contribution in [3.8, 4) is 0 Å². The Morgan fingerprint density at radius 1 is 1.13 bits per heavy atom. The first-order chi connectivity index (χ1) is 14.6. The van der Waals surface area contributed by atoms with Gasteiger partial charge in [0.25, 0.3) is 0 Å². The van der Waals surface area contributed by atoms with E-state index in [0.717, 1.165) is 38.5 Å². The molecule has 3 nitrogen and oxygen atoms in total. The van der Waals surface area contributed by atoms with E-state index in [1.807, 2.05) is 0 Å². The molecule has 3 heteroatoms. The van der Waals surface area contributed by atoms with Crippen molar-refractivity contribution in [2.24, 2.45) is 28.6 Å². The Labute approximate surface area is 189 Å². The minimum Gasteiger partial charge on any atom is -0.393 e. The molecular formula is C28H44O3. The molecule has 0 aromatic heterocycles. The highest BCUT2D eigenvalue weighted by Crippen LogP contribution is 2.64. The molecule has 4 rings (SSSR count). The van der Waals surface area contributed by atoms with Crippen LogP contribution in [0, 0.1) is 28.6 Å². The van der Waals surface area contributed by atoms with Gasteiger partial charge in [-0.15, -0.1) is 0 Å². The van der Waals surface area contributed by atoms with Gasteiger partial charge in [-0.2, -0.15) is 0 Å². The van der Waals surface area contributed by atoms with Gasteiger partial charge in [-0.25, -0.2) is 0 Å². The summed E-state index contributed by atoms with van der Waals surface area (Å²) in [6.45, 7) is 11.3. The zero-order valence-electron chi connectivity index (χ0n) is 20.3. The van der Waals surface area contributed by atoms with Gasteiger partial charge in [0.05, 0.1) is 17.8 Å². The van der Waals surface area contributed by atoms with Crippen LogP contribution in [0.5, 0.6) is 0 Å². The Morgan fingerprint density at radius 3 is 2.52 bits per heavy atom. The van der Waals surface area contributed by atoms with Crippen molar-refractivity contribution in [2.45, 2.75) is 110 Å². The molecule has 3 N–H and O–H groups in total. The van der Waals surface area contributed by atoms with Crippen LogP contribution in [0.1, 0.15) is 92.4 Å². The lowest BCUT2D eigenvalue weighted by molar-refractivity contribution is -0.0493. The molecule has 0 heterocycles. The van der Waals surface area contributed by atoms with E-state index in [0.29, 0.717) is 30.6 Å². The molecule has 0 aromatic carbocycles. The molecule has 4 aliphatic rings. The Bertz CT molecular complexity index is 788. The van der Waals surface area contributed by atoms with Crippen molar-refractivity contribution in [1.29, 1.82) is 0 Å². The second-order valence-electron chi connectivity index (χ2n) is 11.6. The fraction of sp³-hybridized carbons (Fsp3) is 0.786. The number of fused-ring (bicyclic) bond motifs is 5. The smallest absolute Gasteiger partial charge is 0.0661 e. The second-order valence-corrected chi connectivity index (χ2v) is 11.6. The summed E-state index contributed by atoms with van der Waals surface area (Å²) in [6.07, 6.45) is 14.4. The predicted molar refractivity (Wildman–Crippen MR) is 126 cm³/mol. The molecule has 0 radical (unpaired) electrons. The maximum Gasteiger partial charge on any atom is 0.0661 e. The number of aliphatic hydroxyl groups excluding tert-OH is 2. The lowest BCUT2D eigenvalue weighted by Gasteiger charge is -2.56. The average molecular weight is 429 g/mol. The molecule has 0 saturated heterocycles. The topological polar surface area (TPSA) is 60.7 Å². The molecule has 4 aliphatic carbocycles. The van der Waals surface area contributed by atoms with Crippen molar-refractivity contribution in [2.75, 3.05) is 0 Å². The molecular weight excluding hydrogens is 384 g/mol. The molecule has 7 atom stereocenters. The maximum absolute atomic E-state index is 11.0. The van der Waals surface area contributed by atoms with Crippen LogP contribution in [0.4, 0.5) is 0 Å². The standard InChI is InChI=1S/C28H44O3/c1-6-28(31,7-2)15-12-18(3)22-10-11-23-21-9-8-19-16-20(29)17-25(30)27(19,5)24(21)13-14-26(22,23)4/h8-10,18,20,23-25,29-31H,6-7,11-17H2,1-5H3/t18?,20?,23-,24-,25?,26+,27-/m0/s1. The highest BCUT2D eigenvalue weighted by molar-refractivity contribution is 5.43. The van der Waals surface area contributed by atoms with E-state index in [4.69, 9.17) is 0 Å². The van der Waals surface area contributed by atoms with Gasteiger partial charge in [0.1, 0.15) is 0 Å². The molecule has 174 valence electrons. The summed E-state index contributed by atoms with van der Waals surface area (Å²) in [4.78, 5) is 0. The van der Waals surface area contributed by atoms with Crippen LogP contribution in [-0.4, -0.2) is 33.1 Å². The van der Waals surface area contributed by atoms with Crippen molar-refractivity contribution >= 4 is 0 Å². The number of rotatable bonds is 6. The normalized spacial score (nSPS) is 40.8. The summed E-state index contributed by atoms with van der Waals surface area (Å²) in [7, 11) is 0. The molecule has 31 heavy (non-hydrogen) atoms. The van der Waals surface area contributed by atoms with Crippen molar-refractivity contribution in [1.82, 2.24) is 0 Å². The Morgan fingerprint density at radius 2 is 1.84 bits per heavy atom. The van der Waals surface area contributed by atoms with Crippen LogP contribution in [0.15, 0.2) is 34.9 Å². The van der Waals surface area contributed by atoms with Gasteiger partial charge in [0.2, 0.25) is 0 Å². The van der Waals surface area contributed by atoms with E-state index >= 15 is 0 Å². The quantitative estimate of drug-likeness (QED) is 0.475. The maximum atomic E-state index is 11.0. The lowest BCUT2D eigenvalue weighted by Crippen LogP contribution is -2.52. The van der Waals surface area contributed by atoms with Gasteiger partial charge in [0, 0.05) is 11.8 Å². The third-order valence-electron chi connectivity index (χ3n) is 10.2. The molecule has 2 fully saturated rings. The third-order valence-corrected chi connectivity index (χ3v) is 10.2. The summed E-state index contributed by atoms with van der Waals surface area (Å²) in [5, 5.41) is 32.0. The van der Waals surface area contributed by atoms with Crippen LogP contribution in [0.25, 0.3) is 0 Å². The number of aliphatic hydroxyl groups is 3. The van der Waals surface area contributed by atoms with Crippen LogP contribution in [0.2, 0.25) is 0 Å². The van der Waals surface area contributed by atoms with Crippen LogP contribution >= 0.6 is 0 Å². The number of allylic oxidation sites excluding steroid dienone is 5. The van der Waals surface area contributed by atoms with E-state index < -0.39 is 17.8 Å². The lowest BCUT2D eigenvalue weighted by atomic mass is 9.49. The highest BCUT2D eigenvalue weighted by atomic mass is 16.3. The van der Waals surface area contributed by atoms with Gasteiger partial charge in [-0.05, 0) is 74.5 Å². The first-order valence-electron chi connectivity index (χ1n) is 12.8. The Balaban J connectivity index is 1.55. The summed E-state index contributed by atoms with van der Waals surface area (Å²) in [5.74, 6) is 1.41. The molecule has 0 spiro atoms. The fourth-order valence-electron chi connectivity index (χ4n) is 7.68. The first kappa shape index (κ1) is 23.3. The molecule has 3 unspecified atom stereocenters. The summed E-state index contributed by atoms with van der Waals surface area (Å²) in [6, 6.07) is 0. The first-order valence-corrected chi connectivity index (χ1v) is 12.8. The molecule has 0 amide bonds. The van der Waals surface area contributed by atoms with E-state index in [1.54, 1.807) is 5.57 Å². The van der Waals surface area contributed by atoms with Gasteiger partial charge in [0.15, 0.2) is 0 Å². The van der Waals surface area contributed by atoms with E-state index in [9.17, 15) is 15.3 Å². The summed E-state index contributed by atoms with van der Waals surface area (Å²) < 4.78 is 0. The largest absolute Gasteiger partial charge is 0.393 e. The predicted octanol–water partition coefficient (Wildman–Crippen LogP) is 5.70. The molecule has 0 aliphatic heterocycles. The number of hydrogen-bond acceptors (Lipinski definition) is 3. The summed E-state index contributed by atoms with van der Waals surface area (Å²) >= 11 is 0. The fourth-order valence-corrected chi connectivity index (χ4v) is 7.68. The summed E-state index contributed by atoms with van der Waals surface area (Å²) in [5.41, 5.74) is 3.83. The zero-order chi connectivity index (χ0) is 22.6. The van der Waals surface area contributed by atoms with Crippen molar-refractivity contribution in [3.63, 3.8) is 0 Å². The van der Waals surface area contributed by atoms with Crippen LogP contribution in [-0.2, 0) is 0 Å². The highest BCUT2D eigenvalue weighted by Gasteiger charge is 2.57. The number of hydrogen-bond donors (Lipinski definition) is 3. The van der Waals surface area contributed by atoms with Crippen LogP contribution < -0.4 is 0 Å². The molecule has 0 aromatic rings. The Hall–Kier alpha value is -0.900. The van der Waals surface area contributed by atoms with Gasteiger partial charge in [-0.3, -0.25) is 0 Å². The minimum absolute atomic E-state index is 0.194. The molecule has 0 bridgehead atoms.